The Morgan fingerprint density at radius 2 is 1.77 bits per heavy atom. The number of benzene rings is 2. The van der Waals surface area contributed by atoms with E-state index in [1.165, 1.54) is 20.4 Å². The largest absolute Gasteiger partial charge is 0.482 e. The number of methoxy groups -OCH3 is 2. The molecular formula is C19H20N2O5. The molecule has 26 heavy (non-hydrogen) atoms. The van der Waals surface area contributed by atoms with Gasteiger partial charge in [0.1, 0.15) is 5.75 Å². The number of esters is 1. The van der Waals surface area contributed by atoms with Crippen LogP contribution >= 0.6 is 0 Å². The van der Waals surface area contributed by atoms with E-state index in [-0.39, 0.29) is 12.5 Å². The monoisotopic (exact) mass is 356 g/mol. The highest BCUT2D eigenvalue weighted by molar-refractivity contribution is 5.85. The molecule has 0 saturated carbocycles. The number of nitrogens with zero attached hydrogens (tertiary/aromatic N) is 1. The number of hydrogen-bond donors (Lipinski definition) is 1. The zero-order chi connectivity index (χ0) is 18.8. The standard InChI is InChI=1S/C19H20N2O5/c1-24-17(22)13-26-16-10-8-14(9-11-16)12-20-21-19(23)18(25-2)15-6-4-3-5-7-15/h3-12,18H,13H2,1-2H3,(H,21,23)/b20-12-/t18-/m0/s1. The summed E-state index contributed by atoms with van der Waals surface area (Å²) in [4.78, 5) is 23.2. The summed E-state index contributed by atoms with van der Waals surface area (Å²) >= 11 is 0. The van der Waals surface area contributed by atoms with E-state index in [1.807, 2.05) is 30.3 Å². The molecule has 0 saturated heterocycles. The van der Waals surface area contributed by atoms with Crippen LogP contribution in [0.2, 0.25) is 0 Å². The summed E-state index contributed by atoms with van der Waals surface area (Å²) in [7, 11) is 2.76. The summed E-state index contributed by atoms with van der Waals surface area (Å²) in [6.45, 7) is -0.155. The number of rotatable bonds is 8. The third kappa shape index (κ3) is 5.71. The van der Waals surface area contributed by atoms with Crippen LogP contribution in [0.15, 0.2) is 59.7 Å². The fourth-order valence-electron chi connectivity index (χ4n) is 2.10. The van der Waals surface area contributed by atoms with E-state index in [9.17, 15) is 9.59 Å². The maximum Gasteiger partial charge on any atom is 0.343 e. The van der Waals surface area contributed by atoms with Gasteiger partial charge in [0.05, 0.1) is 13.3 Å². The number of carbonyl (C=O) groups excluding carboxylic acids is 2. The Labute approximate surface area is 151 Å². The lowest BCUT2D eigenvalue weighted by atomic mass is 10.1. The van der Waals surface area contributed by atoms with Gasteiger partial charge in [-0.3, -0.25) is 4.79 Å². The molecule has 1 atom stereocenters. The quantitative estimate of drug-likeness (QED) is 0.445. The van der Waals surface area contributed by atoms with E-state index in [4.69, 9.17) is 9.47 Å². The molecule has 1 amide bonds. The molecule has 0 bridgehead atoms. The lowest BCUT2D eigenvalue weighted by Gasteiger charge is -2.13. The molecule has 0 aromatic heterocycles. The van der Waals surface area contributed by atoms with Gasteiger partial charge in [0.15, 0.2) is 12.7 Å². The van der Waals surface area contributed by atoms with Crippen LogP contribution in [-0.2, 0) is 19.1 Å². The molecule has 0 aliphatic carbocycles. The number of amides is 1. The van der Waals surface area contributed by atoms with E-state index >= 15 is 0 Å². The maximum atomic E-state index is 12.2. The molecule has 2 rings (SSSR count). The van der Waals surface area contributed by atoms with Crippen LogP contribution in [0.1, 0.15) is 17.2 Å². The lowest BCUT2D eigenvalue weighted by Crippen LogP contribution is -2.26. The maximum absolute atomic E-state index is 12.2. The third-order valence-electron chi connectivity index (χ3n) is 3.43. The van der Waals surface area contributed by atoms with Crippen LogP contribution in [0, 0.1) is 0 Å². The second-order valence-corrected chi connectivity index (χ2v) is 5.19. The fraction of sp³-hybridized carbons (Fsp3) is 0.211. The van der Waals surface area contributed by atoms with Crippen molar-refractivity contribution in [2.45, 2.75) is 6.10 Å². The molecule has 0 aliphatic heterocycles. The van der Waals surface area contributed by atoms with Gasteiger partial charge in [-0.05, 0) is 35.4 Å². The summed E-state index contributed by atoms with van der Waals surface area (Å²) in [5.41, 5.74) is 3.96. The molecule has 0 unspecified atom stereocenters. The molecule has 0 fully saturated rings. The van der Waals surface area contributed by atoms with Gasteiger partial charge in [-0.25, -0.2) is 10.2 Å². The Balaban J connectivity index is 1.89. The Hall–Kier alpha value is -3.19. The number of carbonyl (C=O) groups is 2. The van der Waals surface area contributed by atoms with Crippen molar-refractivity contribution < 1.29 is 23.8 Å². The van der Waals surface area contributed by atoms with Gasteiger partial charge in [-0.15, -0.1) is 0 Å². The SMILES string of the molecule is COC(=O)COc1ccc(/C=N\NC(=O)[C@@H](OC)c2ccccc2)cc1. The van der Waals surface area contributed by atoms with Gasteiger partial charge >= 0.3 is 5.97 Å². The Kier molecular flexibility index (Phi) is 7.32. The van der Waals surface area contributed by atoms with Crippen molar-refractivity contribution in [1.82, 2.24) is 5.43 Å². The minimum atomic E-state index is -0.734. The highest BCUT2D eigenvalue weighted by Gasteiger charge is 2.18. The Morgan fingerprint density at radius 3 is 2.38 bits per heavy atom. The minimum absolute atomic E-state index is 0.155. The molecule has 7 heteroatoms. The number of nitrogens with one attached hydrogen (secondary N) is 1. The van der Waals surface area contributed by atoms with Crippen molar-refractivity contribution in [3.05, 3.63) is 65.7 Å². The summed E-state index contributed by atoms with van der Waals surface area (Å²) in [6.07, 6.45) is 0.766. The zero-order valence-corrected chi connectivity index (χ0v) is 14.5. The number of ether oxygens (including phenoxy) is 3. The van der Waals surface area contributed by atoms with E-state index in [0.29, 0.717) is 5.75 Å². The van der Waals surface area contributed by atoms with E-state index in [2.05, 4.69) is 15.3 Å². The van der Waals surface area contributed by atoms with Crippen molar-refractivity contribution in [2.75, 3.05) is 20.8 Å². The Bertz CT molecular complexity index is 744. The summed E-state index contributed by atoms with van der Waals surface area (Å²) < 4.78 is 15.0. The van der Waals surface area contributed by atoms with Gasteiger partial charge in [-0.1, -0.05) is 30.3 Å². The molecular weight excluding hydrogens is 336 g/mol. The van der Waals surface area contributed by atoms with Crippen LogP contribution in [0.3, 0.4) is 0 Å². The normalized spacial score (nSPS) is 11.8. The van der Waals surface area contributed by atoms with E-state index in [1.54, 1.807) is 24.3 Å². The minimum Gasteiger partial charge on any atom is -0.482 e. The van der Waals surface area contributed by atoms with Crippen molar-refractivity contribution in [2.24, 2.45) is 5.10 Å². The van der Waals surface area contributed by atoms with Crippen molar-refractivity contribution in [3.63, 3.8) is 0 Å². The van der Waals surface area contributed by atoms with Crippen molar-refractivity contribution in [1.29, 1.82) is 0 Å². The fourth-order valence-corrected chi connectivity index (χ4v) is 2.10. The first-order valence-corrected chi connectivity index (χ1v) is 7.84. The smallest absolute Gasteiger partial charge is 0.343 e. The molecule has 1 N–H and O–H groups in total. The Morgan fingerprint density at radius 1 is 1.08 bits per heavy atom. The topological polar surface area (TPSA) is 86.2 Å². The highest BCUT2D eigenvalue weighted by atomic mass is 16.6. The molecule has 2 aromatic rings. The first-order valence-electron chi connectivity index (χ1n) is 7.84. The molecule has 0 radical (unpaired) electrons. The average molecular weight is 356 g/mol. The molecule has 0 heterocycles. The van der Waals surface area contributed by atoms with Gasteiger partial charge in [0.25, 0.3) is 5.91 Å². The van der Waals surface area contributed by atoms with Crippen LogP contribution in [-0.4, -0.2) is 38.9 Å². The second-order valence-electron chi connectivity index (χ2n) is 5.19. The van der Waals surface area contributed by atoms with Gasteiger partial charge in [-0.2, -0.15) is 5.10 Å². The first kappa shape index (κ1) is 19.1. The van der Waals surface area contributed by atoms with E-state index < -0.39 is 12.1 Å². The highest BCUT2D eigenvalue weighted by Crippen LogP contribution is 2.16. The average Bonchev–Trinajstić information content (AvgIpc) is 2.68. The lowest BCUT2D eigenvalue weighted by molar-refractivity contribution is -0.142. The van der Waals surface area contributed by atoms with Crippen molar-refractivity contribution >= 4 is 18.1 Å². The van der Waals surface area contributed by atoms with Gasteiger partial charge < -0.3 is 14.2 Å². The molecule has 136 valence electrons. The first-order chi connectivity index (χ1) is 12.6. The molecule has 0 spiro atoms. The van der Waals surface area contributed by atoms with Crippen LogP contribution in [0.4, 0.5) is 0 Å². The van der Waals surface area contributed by atoms with Crippen molar-refractivity contribution in [3.8, 4) is 5.75 Å². The van der Waals surface area contributed by atoms with Crippen LogP contribution in [0.25, 0.3) is 0 Å². The van der Waals surface area contributed by atoms with Crippen LogP contribution < -0.4 is 10.2 Å². The third-order valence-corrected chi connectivity index (χ3v) is 3.43. The number of hydrogen-bond acceptors (Lipinski definition) is 6. The predicted molar refractivity (Wildman–Crippen MR) is 95.9 cm³/mol. The summed E-state index contributed by atoms with van der Waals surface area (Å²) in [5.74, 6) is -0.294. The molecule has 0 aliphatic rings. The summed E-state index contributed by atoms with van der Waals surface area (Å²) in [6, 6.07) is 16.0. The van der Waals surface area contributed by atoms with Gasteiger partial charge in [0.2, 0.25) is 0 Å². The van der Waals surface area contributed by atoms with Gasteiger partial charge in [0, 0.05) is 7.11 Å². The van der Waals surface area contributed by atoms with E-state index in [0.717, 1.165) is 11.1 Å². The second kappa shape index (κ2) is 9.95. The number of hydrazone groups is 1. The zero-order valence-electron chi connectivity index (χ0n) is 14.5. The predicted octanol–water partition coefficient (Wildman–Crippen LogP) is 2.08. The molecule has 7 nitrogen and oxygen atoms in total. The molecule has 2 aromatic carbocycles. The summed E-state index contributed by atoms with van der Waals surface area (Å²) in [5, 5.41) is 3.93. The van der Waals surface area contributed by atoms with Crippen LogP contribution in [0.5, 0.6) is 5.75 Å².